The van der Waals surface area contributed by atoms with Crippen LogP contribution in [0.15, 0.2) is 107 Å². The second kappa shape index (κ2) is 12.7. The molecule has 0 spiro atoms. The summed E-state index contributed by atoms with van der Waals surface area (Å²) < 4.78 is 13.3. The fraction of sp³-hybridized carbons (Fsp3) is 0.0333. The Kier molecular flexibility index (Phi) is 8.81. The van der Waals surface area contributed by atoms with E-state index in [9.17, 15) is 14.0 Å². The molecule has 0 radical (unpaired) electrons. The number of aromatic nitrogens is 1. The van der Waals surface area contributed by atoms with Gasteiger partial charge in [-0.1, -0.05) is 59.6 Å². The summed E-state index contributed by atoms with van der Waals surface area (Å²) in [5.41, 5.74) is 3.06. The molecule has 5 aromatic rings. The lowest BCUT2D eigenvalue weighted by molar-refractivity contribution is -0.115. The number of rotatable bonds is 8. The van der Waals surface area contributed by atoms with E-state index in [-0.39, 0.29) is 22.7 Å². The molecular weight excluding hydrogens is 588 g/mol. The Bertz CT molecular complexity index is 1660. The first-order valence-electron chi connectivity index (χ1n) is 12.0. The highest BCUT2D eigenvalue weighted by atomic mass is 35.5. The average Bonchev–Trinajstić information content (AvgIpc) is 3.41. The summed E-state index contributed by atoms with van der Waals surface area (Å²) in [6.07, 6.45) is 0. The molecule has 200 valence electrons. The second-order valence-corrected chi connectivity index (χ2v) is 11.4. The topological polar surface area (TPSA) is 71.1 Å². The van der Waals surface area contributed by atoms with Crippen LogP contribution in [0.3, 0.4) is 0 Å². The molecule has 1 unspecified atom stereocenters. The molecular formula is C30H20Cl2FN3O2S2. The third-order valence-corrected chi connectivity index (χ3v) is 8.29. The zero-order valence-corrected chi connectivity index (χ0v) is 23.8. The van der Waals surface area contributed by atoms with E-state index in [2.05, 4.69) is 15.6 Å². The highest BCUT2D eigenvalue weighted by Crippen LogP contribution is 2.38. The minimum absolute atomic E-state index is 0.251. The second-order valence-electron chi connectivity index (χ2n) is 8.55. The van der Waals surface area contributed by atoms with Gasteiger partial charge in [-0.05, 0) is 66.2 Å². The lowest BCUT2D eigenvalue weighted by Crippen LogP contribution is -2.19. The Morgan fingerprint density at radius 2 is 1.65 bits per heavy atom. The normalized spacial score (nSPS) is 11.6. The van der Waals surface area contributed by atoms with Gasteiger partial charge in [-0.3, -0.25) is 9.59 Å². The van der Waals surface area contributed by atoms with Gasteiger partial charge in [0, 0.05) is 26.5 Å². The van der Waals surface area contributed by atoms with Gasteiger partial charge in [0.1, 0.15) is 11.1 Å². The van der Waals surface area contributed by atoms with E-state index in [1.807, 2.05) is 41.8 Å². The van der Waals surface area contributed by atoms with Gasteiger partial charge in [0.25, 0.3) is 5.91 Å². The molecule has 1 aromatic heterocycles. The first-order chi connectivity index (χ1) is 19.4. The van der Waals surface area contributed by atoms with Crippen molar-refractivity contribution < 1.29 is 14.0 Å². The zero-order valence-electron chi connectivity index (χ0n) is 20.6. The minimum atomic E-state index is -0.601. The van der Waals surface area contributed by atoms with Crippen molar-refractivity contribution >= 4 is 68.9 Å². The summed E-state index contributed by atoms with van der Waals surface area (Å²) >= 11 is 14.8. The smallest absolute Gasteiger partial charge is 0.257 e. The van der Waals surface area contributed by atoms with Crippen molar-refractivity contribution in [1.82, 2.24) is 4.98 Å². The van der Waals surface area contributed by atoms with Crippen LogP contribution in [0.5, 0.6) is 0 Å². The van der Waals surface area contributed by atoms with Crippen molar-refractivity contribution in [2.75, 3.05) is 10.6 Å². The summed E-state index contributed by atoms with van der Waals surface area (Å²) in [7, 11) is 0. The first-order valence-corrected chi connectivity index (χ1v) is 14.5. The van der Waals surface area contributed by atoms with E-state index in [1.54, 1.807) is 42.5 Å². The number of nitrogens with zero attached hydrogens (tertiary/aromatic N) is 1. The highest BCUT2D eigenvalue weighted by molar-refractivity contribution is 8.00. The van der Waals surface area contributed by atoms with E-state index >= 15 is 0 Å². The van der Waals surface area contributed by atoms with Gasteiger partial charge in [-0.15, -0.1) is 23.1 Å². The molecule has 2 N–H and O–H groups in total. The minimum Gasteiger partial charge on any atom is -0.322 e. The molecule has 5 rings (SSSR count). The van der Waals surface area contributed by atoms with Crippen molar-refractivity contribution in [3.8, 4) is 11.3 Å². The van der Waals surface area contributed by atoms with Gasteiger partial charge in [-0.2, -0.15) is 0 Å². The molecule has 0 saturated heterocycles. The third-order valence-electron chi connectivity index (χ3n) is 5.74. The number of carbonyl (C=O) groups excluding carboxylic acids is 2. The number of anilines is 2. The lowest BCUT2D eigenvalue weighted by Gasteiger charge is -2.17. The lowest BCUT2D eigenvalue weighted by atomic mass is 10.1. The first kappa shape index (κ1) is 27.9. The van der Waals surface area contributed by atoms with Crippen LogP contribution in [0.25, 0.3) is 11.3 Å². The van der Waals surface area contributed by atoms with Crippen LogP contribution in [0.4, 0.5) is 15.2 Å². The molecule has 0 bridgehead atoms. The molecule has 0 aliphatic heterocycles. The number of carbonyl (C=O) groups is 2. The molecule has 4 aromatic carbocycles. The van der Waals surface area contributed by atoms with E-state index in [0.717, 1.165) is 16.0 Å². The number of hydrogen-bond donors (Lipinski definition) is 2. The molecule has 1 heterocycles. The standard InChI is InChI=1S/C30H20Cl2FN3O2S2/c31-20-11-14-24(25(32)15-20)28(37)34-22-7-4-8-23(16-22)40-27(19-5-2-1-3-6-19)29(38)36-30-35-26(17-39-30)18-9-12-21(33)13-10-18/h1-17,27H,(H,34,37)(H,35,36,38). The number of halogens is 3. The molecule has 0 aliphatic rings. The quantitative estimate of drug-likeness (QED) is 0.173. The van der Waals surface area contributed by atoms with Gasteiger partial charge in [-0.25, -0.2) is 9.37 Å². The van der Waals surface area contributed by atoms with Crippen LogP contribution in [0, 0.1) is 5.82 Å². The maximum absolute atomic E-state index is 13.5. The number of nitrogens with one attached hydrogen (secondary N) is 2. The van der Waals surface area contributed by atoms with Gasteiger partial charge >= 0.3 is 0 Å². The number of amides is 2. The van der Waals surface area contributed by atoms with Crippen LogP contribution >= 0.6 is 46.3 Å². The van der Waals surface area contributed by atoms with E-state index < -0.39 is 5.25 Å². The van der Waals surface area contributed by atoms with Crippen LogP contribution < -0.4 is 10.6 Å². The van der Waals surface area contributed by atoms with Crippen molar-refractivity contribution in [3.63, 3.8) is 0 Å². The monoisotopic (exact) mass is 607 g/mol. The van der Waals surface area contributed by atoms with Crippen molar-refractivity contribution in [2.45, 2.75) is 10.1 Å². The molecule has 0 aliphatic carbocycles. The number of hydrogen-bond acceptors (Lipinski definition) is 5. The predicted octanol–water partition coefficient (Wildman–Crippen LogP) is 8.98. The van der Waals surface area contributed by atoms with E-state index in [1.165, 1.54) is 41.3 Å². The average molecular weight is 609 g/mol. The highest BCUT2D eigenvalue weighted by Gasteiger charge is 2.23. The van der Waals surface area contributed by atoms with Gasteiger partial charge in [0.2, 0.25) is 5.91 Å². The van der Waals surface area contributed by atoms with Gasteiger partial charge in [0.15, 0.2) is 5.13 Å². The van der Waals surface area contributed by atoms with E-state index in [0.29, 0.717) is 27.1 Å². The molecule has 0 saturated carbocycles. The molecule has 5 nitrogen and oxygen atoms in total. The van der Waals surface area contributed by atoms with Gasteiger partial charge < -0.3 is 10.6 Å². The maximum Gasteiger partial charge on any atom is 0.257 e. The van der Waals surface area contributed by atoms with Crippen molar-refractivity contribution in [3.05, 3.63) is 129 Å². The zero-order chi connectivity index (χ0) is 28.1. The van der Waals surface area contributed by atoms with Crippen molar-refractivity contribution in [1.29, 1.82) is 0 Å². The third kappa shape index (κ3) is 6.89. The summed E-state index contributed by atoms with van der Waals surface area (Å²) in [4.78, 5) is 31.6. The van der Waals surface area contributed by atoms with Crippen molar-refractivity contribution in [2.24, 2.45) is 0 Å². The maximum atomic E-state index is 13.5. The molecule has 40 heavy (non-hydrogen) atoms. The largest absolute Gasteiger partial charge is 0.322 e. The Morgan fingerprint density at radius 3 is 2.40 bits per heavy atom. The Morgan fingerprint density at radius 1 is 0.875 bits per heavy atom. The van der Waals surface area contributed by atoms with Crippen LogP contribution in [-0.4, -0.2) is 16.8 Å². The van der Waals surface area contributed by atoms with Gasteiger partial charge in [0.05, 0.1) is 16.3 Å². The number of thioether (sulfide) groups is 1. The van der Waals surface area contributed by atoms with E-state index in [4.69, 9.17) is 23.2 Å². The summed E-state index contributed by atoms with van der Waals surface area (Å²) in [6.45, 7) is 0. The summed E-state index contributed by atoms with van der Waals surface area (Å²) in [5.74, 6) is -0.951. The SMILES string of the molecule is O=C(Nc1cccc(SC(C(=O)Nc2nc(-c3ccc(F)cc3)cs2)c2ccccc2)c1)c1ccc(Cl)cc1Cl. The summed E-state index contributed by atoms with van der Waals surface area (Å²) in [5, 5.41) is 8.11. The fourth-order valence-electron chi connectivity index (χ4n) is 3.81. The van der Waals surface area contributed by atoms with Crippen LogP contribution in [0.2, 0.25) is 10.0 Å². The number of thiazole rings is 1. The fourth-order valence-corrected chi connectivity index (χ4v) is 6.11. The summed E-state index contributed by atoms with van der Waals surface area (Å²) in [6, 6.07) is 27.3. The Labute approximate surface area is 248 Å². The number of benzene rings is 4. The molecule has 1 atom stereocenters. The Hall–Kier alpha value is -3.69. The molecule has 0 fully saturated rings. The molecule has 10 heteroatoms. The van der Waals surface area contributed by atoms with Crippen LogP contribution in [-0.2, 0) is 4.79 Å². The predicted molar refractivity (Wildman–Crippen MR) is 162 cm³/mol. The Balaban J connectivity index is 1.34. The molecule has 2 amide bonds. The van der Waals surface area contributed by atoms with Crippen LogP contribution in [0.1, 0.15) is 21.2 Å².